The molecule has 0 saturated heterocycles. The molecule has 0 bridgehead atoms. The first kappa shape index (κ1) is 10.0. The van der Waals surface area contributed by atoms with Crippen molar-refractivity contribution in [3.8, 4) is 0 Å². The summed E-state index contributed by atoms with van der Waals surface area (Å²) >= 11 is 0. The predicted octanol–water partition coefficient (Wildman–Crippen LogP) is 1.93. The van der Waals surface area contributed by atoms with E-state index in [1.54, 1.807) is 0 Å². The smallest absolute Gasteiger partial charge is 0.0660 e. The lowest BCUT2D eigenvalue weighted by molar-refractivity contribution is -0.127. The van der Waals surface area contributed by atoms with Gasteiger partial charge in [-0.2, -0.15) is 0 Å². The van der Waals surface area contributed by atoms with E-state index in [0.717, 1.165) is 25.9 Å². The van der Waals surface area contributed by atoms with E-state index < -0.39 is 0 Å². The maximum absolute atomic E-state index is 6.02. The van der Waals surface area contributed by atoms with Crippen LogP contribution in [0.25, 0.3) is 0 Å². The standard InChI is InChI=1S/C10H21NO/c1-4-10(5-2)8(11)7-9(10)12-6-3/h8-9H,4-7,11H2,1-3H3/t8-,9+/m1/s1. The third-order valence-corrected chi connectivity index (χ3v) is 3.53. The van der Waals surface area contributed by atoms with Crippen molar-refractivity contribution in [2.45, 2.75) is 52.2 Å². The molecule has 1 aliphatic rings. The molecule has 0 aromatic carbocycles. The van der Waals surface area contributed by atoms with Crippen LogP contribution in [0.4, 0.5) is 0 Å². The number of hydrogen-bond acceptors (Lipinski definition) is 2. The number of ether oxygens (including phenoxy) is 1. The van der Waals surface area contributed by atoms with Gasteiger partial charge in [0.2, 0.25) is 0 Å². The first-order valence-corrected chi connectivity index (χ1v) is 5.08. The Hall–Kier alpha value is -0.0800. The lowest BCUT2D eigenvalue weighted by atomic mass is 9.59. The van der Waals surface area contributed by atoms with E-state index in [1.807, 2.05) is 0 Å². The Labute approximate surface area is 75.5 Å². The van der Waals surface area contributed by atoms with Gasteiger partial charge in [-0.1, -0.05) is 13.8 Å². The van der Waals surface area contributed by atoms with Crippen LogP contribution in [0.15, 0.2) is 0 Å². The second-order valence-electron chi connectivity index (χ2n) is 3.73. The molecule has 0 aliphatic heterocycles. The van der Waals surface area contributed by atoms with Crippen LogP contribution in [0.3, 0.4) is 0 Å². The second-order valence-corrected chi connectivity index (χ2v) is 3.73. The fraction of sp³-hybridized carbons (Fsp3) is 1.00. The minimum Gasteiger partial charge on any atom is -0.378 e. The largest absolute Gasteiger partial charge is 0.378 e. The normalized spacial score (nSPS) is 33.0. The molecule has 2 N–H and O–H groups in total. The van der Waals surface area contributed by atoms with E-state index in [0.29, 0.717) is 12.1 Å². The minimum absolute atomic E-state index is 0.288. The van der Waals surface area contributed by atoms with Crippen LogP contribution in [0.5, 0.6) is 0 Å². The summed E-state index contributed by atoms with van der Waals surface area (Å²) in [6, 6.07) is 0.365. The van der Waals surface area contributed by atoms with Crippen molar-refractivity contribution < 1.29 is 4.74 Å². The van der Waals surface area contributed by atoms with Crippen LogP contribution in [0.1, 0.15) is 40.0 Å². The summed E-state index contributed by atoms with van der Waals surface area (Å²) in [5, 5.41) is 0. The molecule has 2 atom stereocenters. The molecule has 0 heterocycles. The first-order chi connectivity index (χ1) is 5.71. The molecule has 1 aliphatic carbocycles. The molecular formula is C10H21NO. The lowest BCUT2D eigenvalue weighted by Gasteiger charge is -2.53. The third kappa shape index (κ3) is 1.27. The predicted molar refractivity (Wildman–Crippen MR) is 51.0 cm³/mol. The van der Waals surface area contributed by atoms with Crippen molar-refractivity contribution in [2.24, 2.45) is 11.1 Å². The molecule has 0 radical (unpaired) electrons. The highest BCUT2D eigenvalue weighted by molar-refractivity contribution is 5.05. The van der Waals surface area contributed by atoms with E-state index in [4.69, 9.17) is 10.5 Å². The van der Waals surface area contributed by atoms with Gasteiger partial charge >= 0.3 is 0 Å². The van der Waals surface area contributed by atoms with E-state index >= 15 is 0 Å². The third-order valence-electron chi connectivity index (χ3n) is 3.53. The molecule has 12 heavy (non-hydrogen) atoms. The first-order valence-electron chi connectivity index (χ1n) is 5.08. The van der Waals surface area contributed by atoms with Crippen LogP contribution in [-0.4, -0.2) is 18.8 Å². The van der Waals surface area contributed by atoms with Gasteiger partial charge in [0.15, 0.2) is 0 Å². The molecule has 2 heteroatoms. The van der Waals surface area contributed by atoms with E-state index in [1.165, 1.54) is 0 Å². The Balaban J connectivity index is 2.56. The SMILES string of the molecule is CCO[C@H]1C[C@@H](N)C1(CC)CC. The van der Waals surface area contributed by atoms with Gasteiger partial charge in [0.05, 0.1) is 6.10 Å². The summed E-state index contributed by atoms with van der Waals surface area (Å²) in [7, 11) is 0. The maximum atomic E-state index is 6.02. The summed E-state index contributed by atoms with van der Waals surface area (Å²) in [6.07, 6.45) is 3.77. The Morgan fingerprint density at radius 3 is 2.25 bits per heavy atom. The Morgan fingerprint density at radius 1 is 1.33 bits per heavy atom. The van der Waals surface area contributed by atoms with E-state index in [9.17, 15) is 0 Å². The molecule has 2 nitrogen and oxygen atoms in total. The molecule has 72 valence electrons. The van der Waals surface area contributed by atoms with Gasteiger partial charge in [-0.3, -0.25) is 0 Å². The second kappa shape index (κ2) is 3.75. The Bertz CT molecular complexity index is 141. The molecule has 1 rings (SSSR count). The van der Waals surface area contributed by atoms with Gasteiger partial charge < -0.3 is 10.5 Å². The van der Waals surface area contributed by atoms with Crippen LogP contribution < -0.4 is 5.73 Å². The van der Waals surface area contributed by atoms with Crippen molar-refractivity contribution in [1.82, 2.24) is 0 Å². The van der Waals surface area contributed by atoms with Crippen LogP contribution in [0.2, 0.25) is 0 Å². The van der Waals surface area contributed by atoms with Crippen molar-refractivity contribution in [3.63, 3.8) is 0 Å². The molecular weight excluding hydrogens is 150 g/mol. The number of nitrogens with two attached hydrogens (primary N) is 1. The van der Waals surface area contributed by atoms with Gasteiger partial charge in [-0.15, -0.1) is 0 Å². The van der Waals surface area contributed by atoms with Crippen LogP contribution in [-0.2, 0) is 4.74 Å². The van der Waals surface area contributed by atoms with Crippen LogP contribution >= 0.6 is 0 Å². The number of rotatable bonds is 4. The van der Waals surface area contributed by atoms with Crippen LogP contribution in [0, 0.1) is 5.41 Å². The van der Waals surface area contributed by atoms with Crippen molar-refractivity contribution >= 4 is 0 Å². The molecule has 0 aromatic heterocycles. The van der Waals surface area contributed by atoms with Crippen molar-refractivity contribution in [1.29, 1.82) is 0 Å². The van der Waals surface area contributed by atoms with Gasteiger partial charge in [0.1, 0.15) is 0 Å². The van der Waals surface area contributed by atoms with E-state index in [-0.39, 0.29) is 5.41 Å². The van der Waals surface area contributed by atoms with Gasteiger partial charge in [-0.05, 0) is 26.2 Å². The van der Waals surface area contributed by atoms with Crippen molar-refractivity contribution in [3.05, 3.63) is 0 Å². The fourth-order valence-electron chi connectivity index (χ4n) is 2.44. The fourth-order valence-corrected chi connectivity index (χ4v) is 2.44. The average molecular weight is 171 g/mol. The maximum Gasteiger partial charge on any atom is 0.0660 e. The monoisotopic (exact) mass is 171 g/mol. The highest BCUT2D eigenvalue weighted by Gasteiger charge is 2.51. The molecule has 0 spiro atoms. The lowest BCUT2D eigenvalue weighted by Crippen LogP contribution is -2.61. The minimum atomic E-state index is 0.288. The molecule has 0 unspecified atom stereocenters. The quantitative estimate of drug-likeness (QED) is 0.701. The van der Waals surface area contributed by atoms with E-state index in [2.05, 4.69) is 20.8 Å². The topological polar surface area (TPSA) is 35.2 Å². The van der Waals surface area contributed by atoms with Gasteiger partial charge in [-0.25, -0.2) is 0 Å². The summed E-state index contributed by atoms with van der Waals surface area (Å²) < 4.78 is 5.67. The Morgan fingerprint density at radius 2 is 1.92 bits per heavy atom. The molecule has 1 saturated carbocycles. The zero-order chi connectivity index (χ0) is 9.19. The Kier molecular flexibility index (Phi) is 3.13. The zero-order valence-corrected chi connectivity index (χ0v) is 8.47. The highest BCUT2D eigenvalue weighted by atomic mass is 16.5. The average Bonchev–Trinajstić information content (AvgIpc) is 2.07. The number of hydrogen-bond donors (Lipinski definition) is 1. The summed E-state index contributed by atoms with van der Waals surface area (Å²) in [5.74, 6) is 0. The van der Waals surface area contributed by atoms with Gasteiger partial charge in [0.25, 0.3) is 0 Å². The molecule has 0 amide bonds. The van der Waals surface area contributed by atoms with Gasteiger partial charge in [0, 0.05) is 18.1 Å². The molecule has 1 fully saturated rings. The van der Waals surface area contributed by atoms with Crippen molar-refractivity contribution in [2.75, 3.05) is 6.61 Å². The summed E-state index contributed by atoms with van der Waals surface area (Å²) in [6.45, 7) is 7.31. The zero-order valence-electron chi connectivity index (χ0n) is 8.47. The highest BCUT2D eigenvalue weighted by Crippen LogP contribution is 2.47. The summed E-state index contributed by atoms with van der Waals surface area (Å²) in [5.41, 5.74) is 6.31. The molecule has 0 aromatic rings. The summed E-state index contributed by atoms with van der Waals surface area (Å²) in [4.78, 5) is 0.